The summed E-state index contributed by atoms with van der Waals surface area (Å²) in [6, 6.07) is 14.9. The lowest BCUT2D eigenvalue weighted by Crippen LogP contribution is -2.05. The third kappa shape index (κ3) is 3.52. The molecule has 0 atom stereocenters. The molecule has 0 spiro atoms. The van der Waals surface area contributed by atoms with Crippen LogP contribution in [-0.2, 0) is 4.79 Å². The number of hydrogen-bond acceptors (Lipinski definition) is 4. The van der Waals surface area contributed by atoms with Crippen LogP contribution in [-0.4, -0.2) is 10.9 Å². The maximum absolute atomic E-state index is 11.6. The van der Waals surface area contributed by atoms with Gasteiger partial charge in [-0.05, 0) is 17.7 Å². The molecule has 0 aromatic heterocycles. The van der Waals surface area contributed by atoms with Crippen LogP contribution in [0.15, 0.2) is 60.7 Å². The van der Waals surface area contributed by atoms with Crippen molar-refractivity contribution in [3.63, 3.8) is 0 Å². The van der Waals surface area contributed by atoms with Crippen molar-refractivity contribution in [3.05, 3.63) is 76.4 Å². The monoisotopic (exact) mass is 269 g/mol. The lowest BCUT2D eigenvalue weighted by atomic mass is 10.2. The molecule has 2 rings (SSSR count). The summed E-state index contributed by atoms with van der Waals surface area (Å²) >= 11 is 0. The molecule has 0 heterocycles. The van der Waals surface area contributed by atoms with Crippen LogP contribution in [0.1, 0.15) is 5.56 Å². The fraction of sp³-hybridized carbons (Fsp3) is 0. The van der Waals surface area contributed by atoms with Crippen LogP contribution in [0.25, 0.3) is 6.08 Å². The summed E-state index contributed by atoms with van der Waals surface area (Å²) in [5.74, 6) is -0.733. The summed E-state index contributed by atoms with van der Waals surface area (Å²) in [6.45, 7) is 0. The van der Waals surface area contributed by atoms with Gasteiger partial charge in [0.2, 0.25) is 5.75 Å². The van der Waals surface area contributed by atoms with Gasteiger partial charge in [-0.15, -0.1) is 0 Å². The van der Waals surface area contributed by atoms with Gasteiger partial charge >= 0.3 is 11.7 Å². The molecule has 5 nitrogen and oxygen atoms in total. The Morgan fingerprint density at radius 3 is 2.40 bits per heavy atom. The highest BCUT2D eigenvalue weighted by Gasteiger charge is 2.15. The van der Waals surface area contributed by atoms with E-state index in [4.69, 9.17) is 4.74 Å². The van der Waals surface area contributed by atoms with E-state index in [1.807, 2.05) is 30.3 Å². The van der Waals surface area contributed by atoms with Gasteiger partial charge in [0.05, 0.1) is 4.92 Å². The summed E-state index contributed by atoms with van der Waals surface area (Å²) in [7, 11) is 0. The Balaban J connectivity index is 2.09. The number of benzene rings is 2. The topological polar surface area (TPSA) is 69.4 Å². The standard InChI is InChI=1S/C15H11NO4/c17-15(11-10-12-6-2-1-3-7-12)20-14-9-5-4-8-13(14)16(18)19/h1-11H/b11-10+. The fourth-order valence-electron chi connectivity index (χ4n) is 1.57. The Hall–Kier alpha value is -2.95. The largest absolute Gasteiger partial charge is 0.416 e. The highest BCUT2D eigenvalue weighted by atomic mass is 16.6. The van der Waals surface area contributed by atoms with Gasteiger partial charge in [-0.1, -0.05) is 42.5 Å². The van der Waals surface area contributed by atoms with Crippen molar-refractivity contribution >= 4 is 17.7 Å². The molecule has 0 bridgehead atoms. The minimum absolute atomic E-state index is 0.0692. The second-order valence-corrected chi connectivity index (χ2v) is 3.89. The SMILES string of the molecule is O=C(/C=C/c1ccccc1)Oc1ccccc1[N+](=O)[O-]. The summed E-state index contributed by atoms with van der Waals surface area (Å²) in [5, 5.41) is 10.8. The Labute approximate surface area is 115 Å². The summed E-state index contributed by atoms with van der Waals surface area (Å²) in [6.07, 6.45) is 2.81. The van der Waals surface area contributed by atoms with Crippen molar-refractivity contribution in [3.8, 4) is 5.75 Å². The Morgan fingerprint density at radius 2 is 1.70 bits per heavy atom. The molecule has 0 amide bonds. The molecule has 100 valence electrons. The molecule has 2 aromatic carbocycles. The van der Waals surface area contributed by atoms with E-state index in [2.05, 4.69) is 0 Å². The van der Waals surface area contributed by atoms with Gasteiger partial charge in [0.15, 0.2) is 0 Å². The number of ether oxygens (including phenoxy) is 1. The van der Waals surface area contributed by atoms with E-state index >= 15 is 0 Å². The normalized spacial score (nSPS) is 10.4. The summed E-state index contributed by atoms with van der Waals surface area (Å²) in [5.41, 5.74) is 0.598. The number of nitro groups is 1. The number of carbonyl (C=O) groups is 1. The van der Waals surface area contributed by atoms with Crippen LogP contribution in [0.4, 0.5) is 5.69 Å². The lowest BCUT2D eigenvalue weighted by Gasteiger charge is -2.01. The van der Waals surface area contributed by atoms with Gasteiger partial charge in [-0.2, -0.15) is 0 Å². The third-order valence-corrected chi connectivity index (χ3v) is 2.48. The minimum Gasteiger partial charge on any atom is -0.416 e. The fourth-order valence-corrected chi connectivity index (χ4v) is 1.57. The van der Waals surface area contributed by atoms with E-state index in [1.165, 1.54) is 24.3 Å². The first-order valence-corrected chi connectivity index (χ1v) is 5.85. The van der Waals surface area contributed by atoms with Crippen molar-refractivity contribution in [2.75, 3.05) is 0 Å². The number of nitrogens with zero attached hydrogens (tertiary/aromatic N) is 1. The van der Waals surface area contributed by atoms with E-state index in [0.717, 1.165) is 5.56 Å². The van der Waals surface area contributed by atoms with E-state index < -0.39 is 10.9 Å². The van der Waals surface area contributed by atoms with Crippen molar-refractivity contribution in [1.82, 2.24) is 0 Å². The van der Waals surface area contributed by atoms with Gasteiger partial charge in [-0.3, -0.25) is 10.1 Å². The molecule has 0 N–H and O–H groups in total. The number of esters is 1. The molecule has 0 saturated heterocycles. The van der Waals surface area contributed by atoms with Crippen molar-refractivity contribution in [2.45, 2.75) is 0 Å². The summed E-state index contributed by atoms with van der Waals surface area (Å²) < 4.78 is 4.96. The highest BCUT2D eigenvalue weighted by Crippen LogP contribution is 2.25. The third-order valence-electron chi connectivity index (χ3n) is 2.48. The highest BCUT2D eigenvalue weighted by molar-refractivity contribution is 5.89. The maximum Gasteiger partial charge on any atom is 0.336 e. The molecule has 0 radical (unpaired) electrons. The molecule has 20 heavy (non-hydrogen) atoms. The number of para-hydroxylation sites is 2. The first-order chi connectivity index (χ1) is 9.66. The van der Waals surface area contributed by atoms with E-state index in [1.54, 1.807) is 12.1 Å². The predicted molar refractivity (Wildman–Crippen MR) is 74.2 cm³/mol. The van der Waals surface area contributed by atoms with E-state index in [0.29, 0.717) is 0 Å². The molecule has 0 unspecified atom stereocenters. The zero-order chi connectivity index (χ0) is 14.4. The minimum atomic E-state index is -0.664. The lowest BCUT2D eigenvalue weighted by molar-refractivity contribution is -0.385. The van der Waals surface area contributed by atoms with Crippen molar-refractivity contribution in [2.24, 2.45) is 0 Å². The molecule has 0 fully saturated rings. The van der Waals surface area contributed by atoms with Crippen LogP contribution in [0.5, 0.6) is 5.75 Å². The van der Waals surface area contributed by atoms with Gasteiger partial charge in [0.1, 0.15) is 0 Å². The molecular weight excluding hydrogens is 258 g/mol. The number of hydrogen-bond donors (Lipinski definition) is 0. The van der Waals surface area contributed by atoms with Gasteiger partial charge in [-0.25, -0.2) is 4.79 Å². The van der Waals surface area contributed by atoms with E-state index in [-0.39, 0.29) is 11.4 Å². The Morgan fingerprint density at radius 1 is 1.05 bits per heavy atom. The maximum atomic E-state index is 11.6. The first kappa shape index (κ1) is 13.5. The average molecular weight is 269 g/mol. The van der Waals surface area contributed by atoms with Gasteiger partial charge in [0.25, 0.3) is 0 Å². The molecule has 0 aliphatic rings. The second-order valence-electron chi connectivity index (χ2n) is 3.89. The van der Waals surface area contributed by atoms with Crippen LogP contribution >= 0.6 is 0 Å². The van der Waals surface area contributed by atoms with Crippen molar-refractivity contribution < 1.29 is 14.5 Å². The van der Waals surface area contributed by atoms with Gasteiger partial charge in [0, 0.05) is 12.1 Å². The Bertz CT molecular complexity index is 650. The van der Waals surface area contributed by atoms with E-state index in [9.17, 15) is 14.9 Å². The van der Waals surface area contributed by atoms with Crippen molar-refractivity contribution in [1.29, 1.82) is 0 Å². The van der Waals surface area contributed by atoms with Crippen LogP contribution in [0, 0.1) is 10.1 Å². The smallest absolute Gasteiger partial charge is 0.336 e. The molecule has 0 saturated carbocycles. The van der Waals surface area contributed by atoms with Crippen LogP contribution < -0.4 is 4.74 Å². The number of rotatable bonds is 4. The average Bonchev–Trinajstić information content (AvgIpc) is 2.46. The Kier molecular flexibility index (Phi) is 4.24. The quantitative estimate of drug-likeness (QED) is 0.281. The number of carbonyl (C=O) groups excluding carboxylic acids is 1. The second kappa shape index (κ2) is 6.29. The van der Waals surface area contributed by atoms with Crippen LogP contribution in [0.3, 0.4) is 0 Å². The zero-order valence-corrected chi connectivity index (χ0v) is 10.4. The predicted octanol–water partition coefficient (Wildman–Crippen LogP) is 3.21. The molecule has 5 heteroatoms. The van der Waals surface area contributed by atoms with Gasteiger partial charge < -0.3 is 4.74 Å². The molecular formula is C15H11NO4. The first-order valence-electron chi connectivity index (χ1n) is 5.85. The number of nitro benzene ring substituents is 1. The van der Waals surface area contributed by atoms with Crippen LogP contribution in [0.2, 0.25) is 0 Å². The molecule has 0 aliphatic heterocycles. The zero-order valence-electron chi connectivity index (χ0n) is 10.4. The molecule has 0 aliphatic carbocycles. The summed E-state index contributed by atoms with van der Waals surface area (Å²) in [4.78, 5) is 21.8. The molecule has 2 aromatic rings.